The first-order chi connectivity index (χ1) is 16.3. The lowest BCUT2D eigenvalue weighted by atomic mass is 9.85. The van der Waals surface area contributed by atoms with Crippen molar-refractivity contribution in [3.8, 4) is 5.75 Å². The lowest BCUT2D eigenvalue weighted by molar-refractivity contribution is -0.121. The van der Waals surface area contributed by atoms with Crippen LogP contribution in [0.2, 0.25) is 0 Å². The number of benzene rings is 1. The number of hydrogen-bond acceptors (Lipinski definition) is 7. The average molecular weight is 489 g/mol. The van der Waals surface area contributed by atoms with E-state index in [2.05, 4.69) is 10.1 Å². The summed E-state index contributed by atoms with van der Waals surface area (Å²) in [7, 11) is -3.76. The molecule has 3 aliphatic rings. The number of anilines is 1. The van der Waals surface area contributed by atoms with Crippen LogP contribution in [-0.4, -0.2) is 47.5 Å². The summed E-state index contributed by atoms with van der Waals surface area (Å²) in [6.07, 6.45) is 8.20. The van der Waals surface area contributed by atoms with Crippen molar-refractivity contribution in [1.29, 1.82) is 0 Å². The van der Waals surface area contributed by atoms with E-state index in [1.54, 1.807) is 22.5 Å². The average Bonchev–Trinajstić information content (AvgIpc) is 3.22. The van der Waals surface area contributed by atoms with Crippen molar-refractivity contribution in [2.24, 2.45) is 0 Å². The fraction of sp³-hybridized carbons (Fsp3) is 0.625. The lowest BCUT2D eigenvalue weighted by Crippen LogP contribution is -2.45. The van der Waals surface area contributed by atoms with Gasteiger partial charge >= 0.3 is 0 Å². The zero-order valence-corrected chi connectivity index (χ0v) is 20.6. The van der Waals surface area contributed by atoms with E-state index in [9.17, 15) is 13.2 Å². The molecule has 2 aromatic rings. The second-order valence-corrected chi connectivity index (χ2v) is 11.6. The summed E-state index contributed by atoms with van der Waals surface area (Å²) in [4.78, 5) is 18.9. The molecule has 2 saturated carbocycles. The van der Waals surface area contributed by atoms with Gasteiger partial charge in [0.25, 0.3) is 5.91 Å². The maximum absolute atomic E-state index is 13.8. The number of nitrogens with zero attached hydrogens (tertiary/aromatic N) is 4. The van der Waals surface area contributed by atoms with Crippen LogP contribution in [0.3, 0.4) is 0 Å². The smallest absolute Gasteiger partial charge is 0.265 e. The Labute approximate surface area is 200 Å². The monoisotopic (exact) mass is 488 g/mol. The number of hydrogen-bond donors (Lipinski definition) is 0. The Morgan fingerprint density at radius 3 is 2.56 bits per heavy atom. The number of carbonyl (C=O) groups is 1. The van der Waals surface area contributed by atoms with E-state index in [0.717, 1.165) is 51.4 Å². The third-order valence-corrected chi connectivity index (χ3v) is 9.25. The van der Waals surface area contributed by atoms with Gasteiger partial charge in [0.05, 0.1) is 17.1 Å². The van der Waals surface area contributed by atoms with Crippen LogP contribution in [0.15, 0.2) is 27.6 Å². The van der Waals surface area contributed by atoms with Crippen LogP contribution >= 0.6 is 0 Å². The molecule has 1 aliphatic heterocycles. The summed E-state index contributed by atoms with van der Waals surface area (Å²) >= 11 is 0. The summed E-state index contributed by atoms with van der Waals surface area (Å²) in [5, 5.41) is 4.06. The first-order valence-electron chi connectivity index (χ1n) is 12.3. The van der Waals surface area contributed by atoms with E-state index in [1.807, 2.05) is 13.8 Å². The van der Waals surface area contributed by atoms with Gasteiger partial charge in [0.15, 0.2) is 12.4 Å². The largest absolute Gasteiger partial charge is 0.482 e. The molecule has 34 heavy (non-hydrogen) atoms. The predicted molar refractivity (Wildman–Crippen MR) is 125 cm³/mol. The summed E-state index contributed by atoms with van der Waals surface area (Å²) < 4.78 is 40.2. The molecule has 1 aromatic carbocycles. The Kier molecular flexibility index (Phi) is 6.37. The number of carbonyl (C=O) groups excluding carboxylic acids is 1. The fourth-order valence-electron chi connectivity index (χ4n) is 5.16. The topological polar surface area (TPSA) is 106 Å². The van der Waals surface area contributed by atoms with E-state index in [1.165, 1.54) is 4.90 Å². The van der Waals surface area contributed by atoms with E-state index in [0.29, 0.717) is 29.1 Å². The molecular weight excluding hydrogens is 456 g/mol. The van der Waals surface area contributed by atoms with Gasteiger partial charge in [-0.15, -0.1) is 0 Å². The van der Waals surface area contributed by atoms with E-state index in [4.69, 9.17) is 9.26 Å². The number of ether oxygens (including phenoxy) is 1. The minimum absolute atomic E-state index is 0.00646. The Hall–Kier alpha value is -2.46. The fourth-order valence-corrected chi connectivity index (χ4v) is 7.06. The Bertz CT molecular complexity index is 1150. The Morgan fingerprint density at radius 2 is 1.88 bits per heavy atom. The van der Waals surface area contributed by atoms with Crippen LogP contribution in [0.4, 0.5) is 5.69 Å². The van der Waals surface area contributed by atoms with Crippen molar-refractivity contribution in [1.82, 2.24) is 14.4 Å². The second kappa shape index (κ2) is 9.30. The highest BCUT2D eigenvalue weighted by Gasteiger charge is 2.36. The van der Waals surface area contributed by atoms with Crippen molar-refractivity contribution in [2.45, 2.75) is 94.7 Å². The first kappa shape index (κ1) is 23.3. The van der Waals surface area contributed by atoms with Crippen LogP contribution in [-0.2, 0) is 21.4 Å². The van der Waals surface area contributed by atoms with Crippen molar-refractivity contribution in [3.05, 3.63) is 29.9 Å². The minimum atomic E-state index is -3.76. The molecule has 0 bridgehead atoms. The maximum atomic E-state index is 13.8. The quantitative estimate of drug-likeness (QED) is 0.580. The van der Waals surface area contributed by atoms with Gasteiger partial charge in [0, 0.05) is 18.0 Å². The molecule has 184 valence electrons. The minimum Gasteiger partial charge on any atom is -0.482 e. The zero-order chi connectivity index (χ0) is 23.9. The summed E-state index contributed by atoms with van der Waals surface area (Å²) in [5.74, 6) is 1.51. The molecule has 0 radical (unpaired) electrons. The highest BCUT2D eigenvalue weighted by molar-refractivity contribution is 7.89. The lowest BCUT2D eigenvalue weighted by Gasteiger charge is -2.36. The van der Waals surface area contributed by atoms with E-state index in [-0.39, 0.29) is 36.0 Å². The molecule has 0 N–H and O–H groups in total. The Balaban J connectivity index is 1.45. The molecule has 0 atom stereocenters. The van der Waals surface area contributed by atoms with Gasteiger partial charge in [-0.3, -0.25) is 9.69 Å². The summed E-state index contributed by atoms with van der Waals surface area (Å²) in [6, 6.07) is 4.59. The van der Waals surface area contributed by atoms with Crippen molar-refractivity contribution in [3.63, 3.8) is 0 Å². The van der Waals surface area contributed by atoms with Gasteiger partial charge in [-0.05, 0) is 57.7 Å². The molecule has 0 saturated heterocycles. The molecule has 9 nitrogen and oxygen atoms in total. The number of rotatable bonds is 7. The van der Waals surface area contributed by atoms with Gasteiger partial charge in [-0.2, -0.15) is 9.29 Å². The van der Waals surface area contributed by atoms with Crippen LogP contribution in [0, 0.1) is 0 Å². The molecule has 2 aliphatic carbocycles. The van der Waals surface area contributed by atoms with Crippen LogP contribution < -0.4 is 9.64 Å². The summed E-state index contributed by atoms with van der Waals surface area (Å²) in [5.41, 5.74) is 0.416. The van der Waals surface area contributed by atoms with Gasteiger partial charge in [-0.1, -0.05) is 30.8 Å². The van der Waals surface area contributed by atoms with E-state index >= 15 is 0 Å². The van der Waals surface area contributed by atoms with Crippen LogP contribution in [0.5, 0.6) is 5.75 Å². The van der Waals surface area contributed by atoms with Crippen LogP contribution in [0.1, 0.15) is 82.8 Å². The molecule has 1 aromatic heterocycles. The number of amides is 1. The summed E-state index contributed by atoms with van der Waals surface area (Å²) in [6.45, 7) is 3.82. The third-order valence-electron chi connectivity index (χ3n) is 7.13. The van der Waals surface area contributed by atoms with Gasteiger partial charge in [0.2, 0.25) is 15.9 Å². The molecule has 0 spiro atoms. The van der Waals surface area contributed by atoms with Crippen molar-refractivity contribution < 1.29 is 22.5 Å². The standard InChI is InChI=1S/C24H32N4O5S/c1-16(2)28(18-9-4-3-5-10-18)34(30,31)19-11-12-21-20(13-19)27(23(29)15-32-21)14-22-25-24(33-26-22)17-7-6-8-17/h11-13,16-18H,3-10,14-15H2,1-2H3. The van der Waals surface area contributed by atoms with Gasteiger partial charge in [0.1, 0.15) is 5.75 Å². The third kappa shape index (κ3) is 4.33. The molecule has 2 heterocycles. The zero-order valence-electron chi connectivity index (χ0n) is 19.8. The highest BCUT2D eigenvalue weighted by atomic mass is 32.2. The van der Waals surface area contributed by atoms with Gasteiger partial charge < -0.3 is 9.26 Å². The molecule has 1 amide bonds. The predicted octanol–water partition coefficient (Wildman–Crippen LogP) is 3.99. The molecule has 2 fully saturated rings. The van der Waals surface area contributed by atoms with Crippen molar-refractivity contribution >= 4 is 21.6 Å². The Morgan fingerprint density at radius 1 is 1.12 bits per heavy atom. The first-order valence-corrected chi connectivity index (χ1v) is 13.7. The second-order valence-electron chi connectivity index (χ2n) is 9.80. The number of aromatic nitrogens is 2. The SMILES string of the molecule is CC(C)N(C1CCCCC1)S(=O)(=O)c1ccc2c(c1)N(Cc1noc(C3CCC3)n1)C(=O)CO2. The normalized spacial score (nSPS) is 19.9. The number of sulfonamides is 1. The van der Waals surface area contributed by atoms with E-state index < -0.39 is 10.0 Å². The molecule has 0 unspecified atom stereocenters. The molecule has 10 heteroatoms. The van der Waals surface area contributed by atoms with Crippen LogP contribution in [0.25, 0.3) is 0 Å². The maximum Gasteiger partial charge on any atom is 0.265 e. The van der Waals surface area contributed by atoms with Crippen molar-refractivity contribution in [2.75, 3.05) is 11.5 Å². The highest BCUT2D eigenvalue weighted by Crippen LogP contribution is 2.38. The molecule has 5 rings (SSSR count). The van der Waals surface area contributed by atoms with Gasteiger partial charge in [-0.25, -0.2) is 8.42 Å². The number of fused-ring (bicyclic) bond motifs is 1. The molecular formula is C24H32N4O5S.